The SMILES string of the molecule is COP(=S)(NNC(=S)Nc1ccc(Cl)cc1)OC. The topological polar surface area (TPSA) is 54.5 Å². The van der Waals surface area contributed by atoms with Crippen LogP contribution < -0.4 is 15.9 Å². The lowest BCUT2D eigenvalue weighted by Crippen LogP contribution is -2.38. The zero-order chi connectivity index (χ0) is 13.6. The Labute approximate surface area is 121 Å². The first-order chi connectivity index (χ1) is 8.49. The molecule has 0 bridgehead atoms. The minimum atomic E-state index is -2.52. The van der Waals surface area contributed by atoms with E-state index in [1.807, 2.05) is 0 Å². The van der Waals surface area contributed by atoms with E-state index in [2.05, 4.69) is 15.9 Å². The van der Waals surface area contributed by atoms with Gasteiger partial charge in [-0.05, 0) is 48.3 Å². The van der Waals surface area contributed by atoms with Crippen molar-refractivity contribution in [3.63, 3.8) is 0 Å². The maximum atomic E-state index is 5.78. The van der Waals surface area contributed by atoms with Crippen LogP contribution >= 0.6 is 30.5 Å². The number of nitrogens with one attached hydrogen (secondary N) is 3. The number of rotatable bonds is 5. The highest BCUT2D eigenvalue weighted by atomic mass is 35.5. The van der Waals surface area contributed by atoms with E-state index in [-0.39, 0.29) is 0 Å². The molecule has 0 amide bonds. The van der Waals surface area contributed by atoms with Crippen molar-refractivity contribution < 1.29 is 9.05 Å². The smallest absolute Gasteiger partial charge is 0.278 e. The van der Waals surface area contributed by atoms with E-state index in [1.165, 1.54) is 14.2 Å². The Balaban J connectivity index is 2.47. The second-order valence-corrected chi connectivity index (χ2v) is 7.30. The van der Waals surface area contributed by atoms with E-state index in [1.54, 1.807) is 24.3 Å². The van der Waals surface area contributed by atoms with Gasteiger partial charge in [-0.25, -0.2) is 0 Å². The van der Waals surface area contributed by atoms with Gasteiger partial charge in [-0.2, -0.15) is 5.20 Å². The Morgan fingerprint density at radius 3 is 2.28 bits per heavy atom. The van der Waals surface area contributed by atoms with Crippen LogP contribution in [0.4, 0.5) is 5.69 Å². The molecule has 0 saturated heterocycles. The fraction of sp³-hybridized carbons (Fsp3) is 0.222. The predicted octanol–water partition coefficient (Wildman–Crippen LogP) is 2.65. The lowest BCUT2D eigenvalue weighted by atomic mass is 10.3. The van der Waals surface area contributed by atoms with Crippen molar-refractivity contribution in [1.29, 1.82) is 0 Å². The third kappa shape index (κ3) is 5.16. The average Bonchev–Trinajstić information content (AvgIpc) is 2.39. The van der Waals surface area contributed by atoms with Gasteiger partial charge in [0.1, 0.15) is 0 Å². The summed E-state index contributed by atoms with van der Waals surface area (Å²) in [6.45, 7) is -2.52. The minimum Gasteiger partial charge on any atom is -0.332 e. The number of anilines is 1. The molecule has 0 atom stereocenters. The van der Waals surface area contributed by atoms with Gasteiger partial charge in [0.05, 0.1) is 0 Å². The molecule has 1 aromatic rings. The summed E-state index contributed by atoms with van der Waals surface area (Å²) in [5, 5.41) is 6.68. The lowest BCUT2D eigenvalue weighted by molar-refractivity contribution is 0.324. The summed E-state index contributed by atoms with van der Waals surface area (Å²) < 4.78 is 10.1. The molecule has 0 aliphatic carbocycles. The number of halogens is 1. The highest BCUT2D eigenvalue weighted by Gasteiger charge is 2.14. The van der Waals surface area contributed by atoms with E-state index in [9.17, 15) is 0 Å². The third-order valence-electron chi connectivity index (χ3n) is 1.89. The molecule has 0 aromatic heterocycles. The van der Waals surface area contributed by atoms with Crippen LogP contribution in [0.2, 0.25) is 5.02 Å². The van der Waals surface area contributed by atoms with Crippen LogP contribution in [0, 0.1) is 0 Å². The molecule has 0 spiro atoms. The van der Waals surface area contributed by atoms with E-state index in [0.29, 0.717) is 10.1 Å². The quantitative estimate of drug-likeness (QED) is 0.437. The van der Waals surface area contributed by atoms with Crippen LogP contribution in [-0.4, -0.2) is 19.3 Å². The van der Waals surface area contributed by atoms with Crippen LogP contribution in [-0.2, 0) is 20.9 Å². The zero-order valence-corrected chi connectivity index (χ0v) is 13.1. The predicted molar refractivity (Wildman–Crippen MR) is 82.2 cm³/mol. The molecule has 0 aliphatic heterocycles. The Hall–Kier alpha value is -0.270. The Kier molecular flexibility index (Phi) is 6.45. The zero-order valence-electron chi connectivity index (χ0n) is 9.77. The van der Waals surface area contributed by atoms with Gasteiger partial charge in [0.25, 0.3) is 6.64 Å². The van der Waals surface area contributed by atoms with E-state index in [0.717, 1.165) is 5.69 Å². The van der Waals surface area contributed by atoms with Crippen LogP contribution in [0.15, 0.2) is 24.3 Å². The monoisotopic (exact) mass is 325 g/mol. The molecule has 0 radical (unpaired) electrons. The maximum Gasteiger partial charge on any atom is 0.278 e. The van der Waals surface area contributed by atoms with Gasteiger partial charge in [0.15, 0.2) is 5.11 Å². The van der Waals surface area contributed by atoms with Crippen LogP contribution in [0.5, 0.6) is 0 Å². The lowest BCUT2D eigenvalue weighted by Gasteiger charge is -2.20. The molecule has 1 rings (SSSR count). The summed E-state index contributed by atoms with van der Waals surface area (Å²) in [4.78, 5) is 0. The fourth-order valence-electron chi connectivity index (χ4n) is 0.981. The van der Waals surface area contributed by atoms with Gasteiger partial charge in [-0.3, -0.25) is 5.43 Å². The molecule has 0 saturated carbocycles. The Morgan fingerprint density at radius 2 is 1.78 bits per heavy atom. The highest BCUT2D eigenvalue weighted by molar-refractivity contribution is 8.08. The van der Waals surface area contributed by atoms with Crippen molar-refractivity contribution in [2.75, 3.05) is 19.5 Å². The molecular weight excluding hydrogens is 313 g/mol. The summed E-state index contributed by atoms with van der Waals surface area (Å²) in [5.41, 5.74) is 3.53. The highest BCUT2D eigenvalue weighted by Crippen LogP contribution is 2.40. The van der Waals surface area contributed by atoms with Gasteiger partial charge in [-0.1, -0.05) is 11.6 Å². The second-order valence-electron chi connectivity index (χ2n) is 3.06. The van der Waals surface area contributed by atoms with Crippen molar-refractivity contribution in [3.05, 3.63) is 29.3 Å². The first-order valence-electron chi connectivity index (χ1n) is 4.80. The van der Waals surface area contributed by atoms with Crippen LogP contribution in [0.1, 0.15) is 0 Å². The number of hydrogen-bond acceptors (Lipinski definition) is 4. The minimum absolute atomic E-state index is 0.348. The van der Waals surface area contributed by atoms with Crippen molar-refractivity contribution in [2.45, 2.75) is 0 Å². The molecule has 5 nitrogen and oxygen atoms in total. The number of thiocarbonyl (C=S) groups is 1. The molecule has 0 heterocycles. The third-order valence-corrected chi connectivity index (χ3v) is 4.86. The molecule has 0 fully saturated rings. The standard InChI is InChI=1S/C9H13ClN3O2PS2/c1-14-16(18,15-2)13-12-9(17)11-8-5-3-7(10)4-6-8/h3-6H,1-2H3,(H,13,18)(H2,11,12,17). The van der Waals surface area contributed by atoms with Crippen LogP contribution in [0.3, 0.4) is 0 Å². The van der Waals surface area contributed by atoms with Gasteiger partial charge in [0, 0.05) is 24.9 Å². The first kappa shape index (κ1) is 15.8. The fourth-order valence-corrected chi connectivity index (χ4v) is 2.07. The summed E-state index contributed by atoms with van der Waals surface area (Å²) in [6.07, 6.45) is 0. The van der Waals surface area contributed by atoms with Crippen molar-refractivity contribution in [3.8, 4) is 0 Å². The largest absolute Gasteiger partial charge is 0.332 e. The van der Waals surface area contributed by atoms with Gasteiger partial charge in [0.2, 0.25) is 0 Å². The molecule has 0 unspecified atom stereocenters. The molecule has 100 valence electrons. The van der Waals surface area contributed by atoms with E-state index in [4.69, 9.17) is 44.7 Å². The Bertz CT molecular complexity index is 450. The van der Waals surface area contributed by atoms with E-state index >= 15 is 0 Å². The van der Waals surface area contributed by atoms with Crippen molar-refractivity contribution >= 4 is 53.1 Å². The summed E-state index contributed by atoms with van der Waals surface area (Å²) in [7, 11) is 2.93. The second kappa shape index (κ2) is 7.35. The molecule has 9 heteroatoms. The summed E-state index contributed by atoms with van der Waals surface area (Å²) in [6, 6.07) is 7.13. The number of hydrazine groups is 1. The molecule has 1 aromatic carbocycles. The normalized spacial score (nSPS) is 11.1. The molecule has 0 aliphatic rings. The number of hydrogen-bond donors (Lipinski definition) is 3. The van der Waals surface area contributed by atoms with Crippen LogP contribution in [0.25, 0.3) is 0 Å². The van der Waals surface area contributed by atoms with Crippen molar-refractivity contribution in [2.24, 2.45) is 0 Å². The summed E-state index contributed by atoms with van der Waals surface area (Å²) >= 11 is 15.9. The van der Waals surface area contributed by atoms with Gasteiger partial charge < -0.3 is 14.4 Å². The first-order valence-corrected chi connectivity index (χ1v) is 8.23. The van der Waals surface area contributed by atoms with Crippen molar-refractivity contribution in [1.82, 2.24) is 10.6 Å². The molecule has 18 heavy (non-hydrogen) atoms. The molecular formula is C9H13ClN3O2PS2. The van der Waals surface area contributed by atoms with E-state index < -0.39 is 6.64 Å². The number of benzene rings is 1. The van der Waals surface area contributed by atoms with Gasteiger partial charge >= 0.3 is 0 Å². The maximum absolute atomic E-state index is 5.78. The van der Waals surface area contributed by atoms with Gasteiger partial charge in [-0.15, -0.1) is 0 Å². The Morgan fingerprint density at radius 1 is 1.22 bits per heavy atom. The molecule has 3 N–H and O–H groups in total. The average molecular weight is 326 g/mol. The summed E-state index contributed by atoms with van der Waals surface area (Å²) in [5.74, 6) is 0.